The van der Waals surface area contributed by atoms with Crippen molar-refractivity contribution < 1.29 is 0 Å². The molecule has 3 N–H and O–H groups in total. The van der Waals surface area contributed by atoms with Gasteiger partial charge in [-0.1, -0.05) is 6.58 Å². The molecule has 0 radical (unpaired) electrons. The second kappa shape index (κ2) is 4.54. The van der Waals surface area contributed by atoms with Crippen LogP contribution in [0.15, 0.2) is 12.3 Å². The molecule has 3 heteroatoms. The Hall–Kier alpha value is -0.540. The third-order valence-electron chi connectivity index (χ3n) is 3.69. The molecule has 1 heterocycles. The van der Waals surface area contributed by atoms with E-state index in [9.17, 15) is 0 Å². The van der Waals surface area contributed by atoms with E-state index >= 15 is 0 Å². The average molecular weight is 209 g/mol. The molecule has 1 aliphatic heterocycles. The van der Waals surface area contributed by atoms with Gasteiger partial charge in [0.2, 0.25) is 0 Å². The minimum absolute atomic E-state index is 0.362. The van der Waals surface area contributed by atoms with Gasteiger partial charge in [-0.05, 0) is 45.7 Å². The maximum absolute atomic E-state index is 5.71. The Morgan fingerprint density at radius 2 is 2.13 bits per heavy atom. The summed E-state index contributed by atoms with van der Waals surface area (Å²) in [6.07, 6.45) is 6.46. The Balaban J connectivity index is 1.65. The molecule has 0 bridgehead atoms. The van der Waals surface area contributed by atoms with E-state index in [4.69, 9.17) is 5.73 Å². The van der Waals surface area contributed by atoms with Crippen molar-refractivity contribution in [3.8, 4) is 0 Å². The quantitative estimate of drug-likeness (QED) is 0.711. The van der Waals surface area contributed by atoms with Gasteiger partial charge < -0.3 is 16.0 Å². The summed E-state index contributed by atoms with van der Waals surface area (Å²) in [6.45, 7) is 5.02. The van der Waals surface area contributed by atoms with Gasteiger partial charge in [-0.15, -0.1) is 0 Å². The summed E-state index contributed by atoms with van der Waals surface area (Å²) in [5.41, 5.74) is 6.51. The smallest absolute Gasteiger partial charge is 0.0464 e. The van der Waals surface area contributed by atoms with Gasteiger partial charge in [0.25, 0.3) is 0 Å². The van der Waals surface area contributed by atoms with Crippen molar-refractivity contribution in [2.45, 2.75) is 50.2 Å². The molecule has 2 atom stereocenters. The fourth-order valence-electron chi connectivity index (χ4n) is 2.40. The molecule has 15 heavy (non-hydrogen) atoms. The van der Waals surface area contributed by atoms with E-state index in [-0.39, 0.29) is 0 Å². The Kier molecular flexibility index (Phi) is 3.32. The second-order valence-electron chi connectivity index (χ2n) is 5.07. The predicted molar refractivity (Wildman–Crippen MR) is 63.5 cm³/mol. The molecular weight excluding hydrogens is 186 g/mol. The normalized spacial score (nSPS) is 31.1. The zero-order chi connectivity index (χ0) is 10.8. The monoisotopic (exact) mass is 209 g/mol. The number of nitrogens with one attached hydrogen (secondary N) is 1. The summed E-state index contributed by atoms with van der Waals surface area (Å²) in [6, 6.07) is 1.89. The van der Waals surface area contributed by atoms with Crippen LogP contribution in [0.1, 0.15) is 32.1 Å². The highest BCUT2D eigenvalue weighted by Gasteiger charge is 2.28. The minimum atomic E-state index is 0.362. The molecule has 2 fully saturated rings. The van der Waals surface area contributed by atoms with Crippen LogP contribution in [0, 0.1) is 0 Å². The molecule has 2 rings (SSSR count). The van der Waals surface area contributed by atoms with Gasteiger partial charge in [-0.25, -0.2) is 0 Å². The average Bonchev–Trinajstić information content (AvgIpc) is 2.93. The van der Waals surface area contributed by atoms with Crippen LogP contribution >= 0.6 is 0 Å². The zero-order valence-electron chi connectivity index (χ0n) is 9.71. The zero-order valence-corrected chi connectivity index (χ0v) is 9.71. The van der Waals surface area contributed by atoms with E-state index in [1.165, 1.54) is 32.2 Å². The van der Waals surface area contributed by atoms with Crippen molar-refractivity contribution in [3.05, 3.63) is 12.3 Å². The highest BCUT2D eigenvalue weighted by Crippen LogP contribution is 2.26. The summed E-state index contributed by atoms with van der Waals surface area (Å²) in [5.74, 6) is 0. The molecule has 3 nitrogen and oxygen atoms in total. The van der Waals surface area contributed by atoms with Crippen LogP contribution in [0.4, 0.5) is 0 Å². The van der Waals surface area contributed by atoms with Crippen LogP contribution in [-0.4, -0.2) is 36.6 Å². The van der Waals surface area contributed by atoms with Crippen LogP contribution < -0.4 is 11.1 Å². The Morgan fingerprint density at radius 1 is 1.40 bits per heavy atom. The minimum Gasteiger partial charge on any atom is -0.401 e. The molecule has 0 aromatic rings. The number of nitrogens with zero attached hydrogens (tertiary/aromatic N) is 1. The molecule has 1 saturated carbocycles. The van der Waals surface area contributed by atoms with Gasteiger partial charge >= 0.3 is 0 Å². The topological polar surface area (TPSA) is 41.3 Å². The Bertz CT molecular complexity index is 235. The van der Waals surface area contributed by atoms with Gasteiger partial charge in [-0.3, -0.25) is 0 Å². The van der Waals surface area contributed by atoms with E-state index in [0.717, 1.165) is 18.2 Å². The van der Waals surface area contributed by atoms with Crippen molar-refractivity contribution in [3.63, 3.8) is 0 Å². The maximum Gasteiger partial charge on any atom is 0.0464 e. The molecule has 0 aromatic carbocycles. The molecular formula is C12H23N3. The van der Waals surface area contributed by atoms with E-state index < -0.39 is 0 Å². The first-order valence-electron chi connectivity index (χ1n) is 6.07. The SMILES string of the molecule is C=C(N)C1CCC(CCN(C)C2CC2)N1. The van der Waals surface area contributed by atoms with Crippen molar-refractivity contribution in [1.82, 2.24) is 10.2 Å². The fraction of sp³-hybridized carbons (Fsp3) is 0.833. The van der Waals surface area contributed by atoms with Crippen molar-refractivity contribution >= 4 is 0 Å². The third-order valence-corrected chi connectivity index (χ3v) is 3.69. The molecule has 0 aromatic heterocycles. The van der Waals surface area contributed by atoms with Crippen LogP contribution in [0.25, 0.3) is 0 Å². The van der Waals surface area contributed by atoms with Crippen LogP contribution in [0.2, 0.25) is 0 Å². The predicted octanol–water partition coefficient (Wildman–Crippen LogP) is 1.06. The first-order chi connectivity index (χ1) is 7.16. The lowest BCUT2D eigenvalue weighted by Gasteiger charge is -2.19. The van der Waals surface area contributed by atoms with E-state index in [0.29, 0.717) is 12.1 Å². The first-order valence-corrected chi connectivity index (χ1v) is 6.07. The lowest BCUT2D eigenvalue weighted by Crippen LogP contribution is -2.35. The van der Waals surface area contributed by atoms with Crippen LogP contribution in [0.5, 0.6) is 0 Å². The number of rotatable bonds is 5. The lowest BCUT2D eigenvalue weighted by atomic mass is 10.1. The first kappa shape index (κ1) is 11.0. The summed E-state index contributed by atoms with van der Waals surface area (Å²) in [4.78, 5) is 2.49. The van der Waals surface area contributed by atoms with Gasteiger partial charge in [0.15, 0.2) is 0 Å². The second-order valence-corrected chi connectivity index (χ2v) is 5.07. The van der Waals surface area contributed by atoms with E-state index in [1.54, 1.807) is 0 Å². The van der Waals surface area contributed by atoms with E-state index in [2.05, 4.69) is 23.8 Å². The highest BCUT2D eigenvalue weighted by atomic mass is 15.2. The van der Waals surface area contributed by atoms with Crippen molar-refractivity contribution in [1.29, 1.82) is 0 Å². The summed E-state index contributed by atoms with van der Waals surface area (Å²) in [7, 11) is 2.24. The maximum atomic E-state index is 5.71. The molecule has 1 saturated heterocycles. The summed E-state index contributed by atoms with van der Waals surface area (Å²) < 4.78 is 0. The molecule has 86 valence electrons. The van der Waals surface area contributed by atoms with E-state index in [1.807, 2.05) is 0 Å². The molecule has 1 aliphatic carbocycles. The van der Waals surface area contributed by atoms with Gasteiger partial charge in [0.05, 0.1) is 0 Å². The molecule has 0 spiro atoms. The van der Waals surface area contributed by atoms with Gasteiger partial charge in [-0.2, -0.15) is 0 Å². The van der Waals surface area contributed by atoms with Gasteiger partial charge in [0, 0.05) is 23.8 Å². The number of nitrogens with two attached hydrogens (primary N) is 1. The highest BCUT2D eigenvalue weighted by molar-refractivity contribution is 5.04. The van der Waals surface area contributed by atoms with Crippen molar-refractivity contribution in [2.75, 3.05) is 13.6 Å². The number of hydrogen-bond acceptors (Lipinski definition) is 3. The third kappa shape index (κ3) is 2.95. The van der Waals surface area contributed by atoms with Gasteiger partial charge in [0.1, 0.15) is 0 Å². The van der Waals surface area contributed by atoms with Crippen LogP contribution in [0.3, 0.4) is 0 Å². The molecule has 0 amide bonds. The molecule has 2 aliphatic rings. The fourth-order valence-corrected chi connectivity index (χ4v) is 2.40. The summed E-state index contributed by atoms with van der Waals surface area (Å²) >= 11 is 0. The largest absolute Gasteiger partial charge is 0.401 e. The summed E-state index contributed by atoms with van der Waals surface area (Å²) in [5, 5.41) is 3.55. The Labute approximate surface area is 92.7 Å². The standard InChI is InChI=1S/C12H23N3/c1-9(13)12-6-3-10(14-12)7-8-15(2)11-4-5-11/h10-12,14H,1,3-8,13H2,2H3. The molecule has 2 unspecified atom stereocenters. The van der Waals surface area contributed by atoms with Crippen molar-refractivity contribution in [2.24, 2.45) is 5.73 Å². The number of hydrogen-bond donors (Lipinski definition) is 2. The van der Waals surface area contributed by atoms with Crippen LogP contribution in [-0.2, 0) is 0 Å². The Morgan fingerprint density at radius 3 is 2.67 bits per heavy atom. The lowest BCUT2D eigenvalue weighted by molar-refractivity contribution is 0.302.